The van der Waals surface area contributed by atoms with Gasteiger partial charge in [-0.3, -0.25) is 4.79 Å². The van der Waals surface area contributed by atoms with Crippen molar-refractivity contribution in [1.29, 1.82) is 0 Å². The summed E-state index contributed by atoms with van der Waals surface area (Å²) in [6, 6.07) is -0.718. The van der Waals surface area contributed by atoms with Gasteiger partial charge >= 0.3 is 0 Å². The fourth-order valence-corrected chi connectivity index (χ4v) is 9.51. The summed E-state index contributed by atoms with van der Waals surface area (Å²) in [7, 11) is 0. The second-order valence-electron chi connectivity index (χ2n) is 20.8. The van der Waals surface area contributed by atoms with E-state index in [1.54, 1.807) is 0 Å². The fourth-order valence-electron chi connectivity index (χ4n) is 9.51. The van der Waals surface area contributed by atoms with Crippen LogP contribution in [0.4, 0.5) is 0 Å². The van der Waals surface area contributed by atoms with E-state index in [4.69, 9.17) is 9.47 Å². The van der Waals surface area contributed by atoms with Crippen LogP contribution in [-0.4, -0.2) is 87.5 Å². The third-order valence-corrected chi connectivity index (χ3v) is 14.2. The summed E-state index contributed by atoms with van der Waals surface area (Å²) in [5.41, 5.74) is 0. The van der Waals surface area contributed by atoms with Gasteiger partial charge in [-0.1, -0.05) is 268 Å². The normalized spacial score (nSPS) is 19.7. The number of aliphatic hydroxyl groups is 5. The largest absolute Gasteiger partial charge is 0.394 e. The number of amides is 1. The van der Waals surface area contributed by atoms with Crippen LogP contribution in [0, 0.1) is 0 Å². The van der Waals surface area contributed by atoms with Gasteiger partial charge < -0.3 is 40.3 Å². The van der Waals surface area contributed by atoms with Gasteiger partial charge in [0.05, 0.1) is 25.4 Å². The van der Waals surface area contributed by atoms with E-state index >= 15 is 0 Å². The van der Waals surface area contributed by atoms with Crippen LogP contribution in [0.2, 0.25) is 0 Å². The highest BCUT2D eigenvalue weighted by Gasteiger charge is 2.44. The summed E-state index contributed by atoms with van der Waals surface area (Å²) < 4.78 is 11.3. The number of hydrogen-bond acceptors (Lipinski definition) is 8. The number of rotatable bonds is 51. The number of nitrogens with one attached hydrogen (secondary N) is 1. The zero-order valence-corrected chi connectivity index (χ0v) is 45.5. The first-order chi connectivity index (χ1) is 34.3. The molecule has 1 aliphatic rings. The van der Waals surface area contributed by atoms with Crippen molar-refractivity contribution >= 4 is 5.91 Å². The molecule has 1 heterocycles. The molecule has 1 fully saturated rings. The number of unbranched alkanes of at least 4 members (excludes halogenated alkanes) is 33. The number of carbonyl (C=O) groups excluding carboxylic acids is 1. The maximum absolute atomic E-state index is 13.1. The smallest absolute Gasteiger partial charge is 0.220 e. The second kappa shape index (κ2) is 50.7. The van der Waals surface area contributed by atoms with E-state index in [-0.39, 0.29) is 12.5 Å². The molecular weight excluding hydrogens is 875 g/mol. The molecule has 1 rings (SSSR count). The summed E-state index contributed by atoms with van der Waals surface area (Å²) in [6.07, 6.45) is 60.0. The third-order valence-electron chi connectivity index (χ3n) is 14.2. The van der Waals surface area contributed by atoms with Gasteiger partial charge in [0.25, 0.3) is 0 Å². The summed E-state index contributed by atoms with van der Waals surface area (Å²) in [6.45, 7) is 3.75. The van der Waals surface area contributed by atoms with Crippen molar-refractivity contribution < 1.29 is 39.8 Å². The topological polar surface area (TPSA) is 149 Å². The molecule has 9 nitrogen and oxygen atoms in total. The van der Waals surface area contributed by atoms with Crippen molar-refractivity contribution in [2.75, 3.05) is 13.2 Å². The van der Waals surface area contributed by atoms with E-state index in [0.29, 0.717) is 12.8 Å². The Morgan fingerprint density at radius 2 is 0.886 bits per heavy atom. The first kappa shape index (κ1) is 66.2. The maximum atomic E-state index is 13.1. The van der Waals surface area contributed by atoms with Crippen molar-refractivity contribution in [1.82, 2.24) is 5.32 Å². The van der Waals surface area contributed by atoms with Crippen LogP contribution in [0.3, 0.4) is 0 Å². The van der Waals surface area contributed by atoms with Gasteiger partial charge in [-0.25, -0.2) is 0 Å². The summed E-state index contributed by atoms with van der Waals surface area (Å²) in [4.78, 5) is 13.1. The lowest BCUT2D eigenvalue weighted by Crippen LogP contribution is -2.60. The molecule has 70 heavy (non-hydrogen) atoms. The summed E-state index contributed by atoms with van der Waals surface area (Å²) in [5, 5.41) is 54.7. The average Bonchev–Trinajstić information content (AvgIpc) is 3.36. The minimum Gasteiger partial charge on any atom is -0.394 e. The second-order valence-corrected chi connectivity index (χ2v) is 20.8. The average molecular weight is 989 g/mol. The molecule has 1 saturated heterocycles. The third kappa shape index (κ3) is 39.7. The SMILES string of the molecule is CC/C=C\C/C=C\C/C=C\C/C=C\CCCCCCCCCCCCCCCCCCCCC(=O)NC(COC1OC(CO)C(O)C(O)C1O)C(O)CCCCCCCCCCCCCCCCCC. The van der Waals surface area contributed by atoms with Gasteiger partial charge in [-0.2, -0.15) is 0 Å². The van der Waals surface area contributed by atoms with E-state index in [9.17, 15) is 30.3 Å². The van der Waals surface area contributed by atoms with Gasteiger partial charge in [0.2, 0.25) is 5.91 Å². The van der Waals surface area contributed by atoms with Crippen molar-refractivity contribution in [3.63, 3.8) is 0 Å². The Kier molecular flexibility index (Phi) is 47.9. The molecule has 0 radical (unpaired) electrons. The van der Waals surface area contributed by atoms with Gasteiger partial charge in [-0.05, 0) is 51.4 Å². The van der Waals surface area contributed by atoms with Crippen LogP contribution >= 0.6 is 0 Å². The number of hydrogen-bond donors (Lipinski definition) is 6. The Labute approximate surface area is 431 Å². The Morgan fingerprint density at radius 1 is 0.500 bits per heavy atom. The van der Waals surface area contributed by atoms with Crippen LogP contribution in [0.5, 0.6) is 0 Å². The number of ether oxygens (including phenoxy) is 2. The quantitative estimate of drug-likeness (QED) is 0.0261. The van der Waals surface area contributed by atoms with Crippen LogP contribution in [0.1, 0.15) is 277 Å². The molecule has 7 atom stereocenters. The first-order valence-electron chi connectivity index (χ1n) is 29.8. The van der Waals surface area contributed by atoms with E-state index in [2.05, 4.69) is 67.8 Å². The molecule has 7 unspecified atom stereocenters. The molecule has 0 bridgehead atoms. The minimum absolute atomic E-state index is 0.135. The lowest BCUT2D eigenvalue weighted by atomic mass is 9.99. The predicted octanol–water partition coefficient (Wildman–Crippen LogP) is 14.9. The van der Waals surface area contributed by atoms with Crippen LogP contribution < -0.4 is 5.32 Å². The first-order valence-corrected chi connectivity index (χ1v) is 29.8. The summed E-state index contributed by atoms with van der Waals surface area (Å²) >= 11 is 0. The molecular formula is C61H113NO8. The lowest BCUT2D eigenvalue weighted by Gasteiger charge is -2.40. The zero-order valence-electron chi connectivity index (χ0n) is 45.5. The molecule has 9 heteroatoms. The molecule has 410 valence electrons. The zero-order chi connectivity index (χ0) is 50.8. The van der Waals surface area contributed by atoms with Crippen molar-refractivity contribution in [3.05, 3.63) is 48.6 Å². The highest BCUT2D eigenvalue weighted by atomic mass is 16.7. The van der Waals surface area contributed by atoms with E-state index in [0.717, 1.165) is 64.2 Å². The maximum Gasteiger partial charge on any atom is 0.220 e. The number of carbonyl (C=O) groups is 1. The highest BCUT2D eigenvalue weighted by molar-refractivity contribution is 5.76. The van der Waals surface area contributed by atoms with Crippen LogP contribution in [-0.2, 0) is 14.3 Å². The number of aliphatic hydroxyl groups excluding tert-OH is 5. The molecule has 0 aromatic heterocycles. The molecule has 1 amide bonds. The summed E-state index contributed by atoms with van der Waals surface area (Å²) in [5.74, 6) is -0.141. The fraction of sp³-hybridized carbons (Fsp3) is 0.852. The molecule has 0 spiro atoms. The standard InChI is InChI=1S/C61H113NO8/c1-3-5-7-9-11-13-15-17-19-21-22-23-24-25-26-27-28-29-30-31-32-33-34-35-37-39-41-43-45-47-49-51-57(65)62-54(53-69-61-60(68)59(67)58(66)56(52-63)70-61)55(64)50-48-46-44-42-40-38-36-20-18-16-14-12-10-8-6-4-2/h5,7,11,13,17,19,22-23,54-56,58-61,63-64,66-68H,3-4,6,8-10,12,14-16,18,20-21,24-53H2,1-2H3,(H,62,65)/b7-5-,13-11-,19-17-,23-22-. The van der Waals surface area contributed by atoms with Crippen LogP contribution in [0.25, 0.3) is 0 Å². The molecule has 0 aromatic carbocycles. The lowest BCUT2D eigenvalue weighted by molar-refractivity contribution is -0.302. The Morgan fingerprint density at radius 3 is 1.31 bits per heavy atom. The Hall–Kier alpha value is -1.85. The molecule has 0 aromatic rings. The van der Waals surface area contributed by atoms with Gasteiger partial charge in [0.15, 0.2) is 6.29 Å². The van der Waals surface area contributed by atoms with Gasteiger partial charge in [0, 0.05) is 6.42 Å². The Balaban J connectivity index is 2.13. The Bertz CT molecular complexity index is 1240. The number of allylic oxidation sites excluding steroid dienone is 8. The van der Waals surface area contributed by atoms with Crippen molar-refractivity contribution in [2.45, 2.75) is 320 Å². The molecule has 6 N–H and O–H groups in total. The molecule has 1 aliphatic heterocycles. The van der Waals surface area contributed by atoms with Crippen LogP contribution in [0.15, 0.2) is 48.6 Å². The van der Waals surface area contributed by atoms with E-state index in [1.165, 1.54) is 186 Å². The van der Waals surface area contributed by atoms with Crippen molar-refractivity contribution in [2.24, 2.45) is 0 Å². The van der Waals surface area contributed by atoms with Crippen molar-refractivity contribution in [3.8, 4) is 0 Å². The van der Waals surface area contributed by atoms with E-state index in [1.807, 2.05) is 0 Å². The van der Waals surface area contributed by atoms with E-state index < -0.39 is 49.5 Å². The highest BCUT2D eigenvalue weighted by Crippen LogP contribution is 2.23. The molecule has 0 aliphatic carbocycles. The predicted molar refractivity (Wildman–Crippen MR) is 295 cm³/mol. The van der Waals surface area contributed by atoms with Gasteiger partial charge in [-0.15, -0.1) is 0 Å². The monoisotopic (exact) mass is 988 g/mol. The molecule has 0 saturated carbocycles. The minimum atomic E-state index is -1.55. The van der Waals surface area contributed by atoms with Gasteiger partial charge in [0.1, 0.15) is 24.4 Å².